The van der Waals surface area contributed by atoms with E-state index in [1.54, 1.807) is 0 Å². The number of nitrogens with one attached hydrogen (secondary N) is 1. The van der Waals surface area contributed by atoms with Crippen LogP contribution >= 0.6 is 0 Å². The molecule has 0 saturated heterocycles. The molecule has 0 saturated carbocycles. The van der Waals surface area contributed by atoms with Crippen LogP contribution in [0.5, 0.6) is 11.5 Å². The molecule has 0 spiro atoms. The second kappa shape index (κ2) is 20.3. The molecule has 9 rings (SSSR count). The lowest BCUT2D eigenvalue weighted by Gasteiger charge is -2.33. The van der Waals surface area contributed by atoms with Crippen molar-refractivity contribution in [3.05, 3.63) is 190 Å². The third kappa shape index (κ3) is 10.4. The predicted molar refractivity (Wildman–Crippen MR) is 313 cm³/mol. The van der Waals surface area contributed by atoms with E-state index in [-0.39, 0.29) is 57.0 Å². The molecule has 3 heterocycles. The number of rotatable bonds is 12. The third-order valence-electron chi connectivity index (χ3n) is 14.3. The number of para-hydroxylation sites is 2. The highest BCUT2D eigenvalue weighted by Gasteiger charge is 2.37. The maximum Gasteiger partial charge on any atom is 0.160 e. The topological polar surface area (TPSA) is 63.2 Å². The third-order valence-corrected chi connectivity index (χ3v) is 14.3. The number of nitrogens with zero attached hydrogens (tertiary/aromatic N) is 4. The van der Waals surface area contributed by atoms with Crippen LogP contribution in [0.3, 0.4) is 0 Å². The first-order chi connectivity index (χ1) is 37.5. The van der Waals surface area contributed by atoms with Gasteiger partial charge >= 0.3 is 0 Å². The van der Waals surface area contributed by atoms with E-state index < -0.39 is 19.9 Å². The monoisotopic (exact) mass is 986 g/mol. The van der Waals surface area contributed by atoms with Gasteiger partial charge in [0.05, 0.1) is 34.1 Å². The molecule has 6 aromatic carbocycles. The summed E-state index contributed by atoms with van der Waals surface area (Å²) in [6, 6.07) is 45.4. The summed E-state index contributed by atoms with van der Waals surface area (Å²) in [5.74, 6) is 1.62. The Hall–Kier alpha value is -7.05. The number of anilines is 3. The molecular weight excluding hydrogens is 903 g/mol. The standard InChI is InChI=1S/C68H77N5O/c1-40(2)55-35-48(46-25-18-17-19-26-46)36-56(41(3)4)61(55)47-29-30-69-58(37-47)49-31-51(67(11,12)13)38-53(33-49)74-54-34-50(32-52(39-54)68(14,15)16)66-70-57-27-20-21-28-59(57)73(66)64-62(42(5)6)71-65(72-63(64)43(7)8)60-44(9)23-22-24-45(60)10/h17-43,66,70H,1-16H3/i9D3,10D3. The Bertz CT molecular complexity index is 3490. The molecule has 8 aromatic rings. The van der Waals surface area contributed by atoms with E-state index in [9.17, 15) is 0 Å². The van der Waals surface area contributed by atoms with E-state index in [1.165, 1.54) is 46.0 Å². The number of pyridine rings is 1. The lowest BCUT2D eigenvalue weighted by molar-refractivity contribution is 0.473. The zero-order chi connectivity index (χ0) is 58.0. The van der Waals surface area contributed by atoms with Crippen LogP contribution in [0.15, 0.2) is 140 Å². The van der Waals surface area contributed by atoms with Crippen molar-refractivity contribution in [3.63, 3.8) is 0 Å². The van der Waals surface area contributed by atoms with E-state index >= 15 is 0 Å². The highest BCUT2D eigenvalue weighted by atomic mass is 16.5. The van der Waals surface area contributed by atoms with Gasteiger partial charge in [0.15, 0.2) is 5.82 Å². The molecule has 1 aliphatic rings. The maximum absolute atomic E-state index is 8.52. The first-order valence-electron chi connectivity index (χ1n) is 29.4. The number of fused-ring (bicyclic) bond motifs is 1. The molecule has 0 bridgehead atoms. The van der Waals surface area contributed by atoms with Crippen molar-refractivity contribution in [1.82, 2.24) is 15.0 Å². The average Bonchev–Trinajstić information content (AvgIpc) is 3.83. The van der Waals surface area contributed by atoms with Crippen LogP contribution in [0.4, 0.5) is 17.1 Å². The number of aromatic nitrogens is 3. The summed E-state index contributed by atoms with van der Waals surface area (Å²) in [5, 5.41) is 3.87. The molecule has 380 valence electrons. The lowest BCUT2D eigenvalue weighted by atomic mass is 9.82. The minimum absolute atomic E-state index is 0.0237. The van der Waals surface area contributed by atoms with Gasteiger partial charge in [-0.3, -0.25) is 4.98 Å². The largest absolute Gasteiger partial charge is 0.457 e. The van der Waals surface area contributed by atoms with Gasteiger partial charge in [0.25, 0.3) is 0 Å². The van der Waals surface area contributed by atoms with Crippen molar-refractivity contribution in [2.75, 3.05) is 10.2 Å². The van der Waals surface area contributed by atoms with Crippen LogP contribution < -0.4 is 15.0 Å². The molecule has 74 heavy (non-hydrogen) atoms. The Morgan fingerprint density at radius 3 is 1.70 bits per heavy atom. The smallest absolute Gasteiger partial charge is 0.160 e. The number of hydrogen-bond donors (Lipinski definition) is 1. The van der Waals surface area contributed by atoms with Crippen molar-refractivity contribution >= 4 is 17.1 Å². The zero-order valence-electron chi connectivity index (χ0n) is 51.9. The van der Waals surface area contributed by atoms with Crippen LogP contribution in [-0.4, -0.2) is 15.0 Å². The minimum atomic E-state index is -2.63. The maximum atomic E-state index is 8.52. The SMILES string of the molecule is [2H]C([2H])([2H])c1cccc(C([2H])([2H])[2H])c1-c1nc(C(C)C)c(N2c3ccccc3NC2c2cc(Oc3cc(-c4cc(-c5c(C(C)C)cc(-c6ccccc6)cc5C(C)C)ccn4)cc(C(C)(C)C)c3)cc(C(C)(C)C)c2)c(C(C)C)n1. The first kappa shape index (κ1) is 44.4. The van der Waals surface area contributed by atoms with E-state index in [0.29, 0.717) is 22.9 Å². The molecule has 1 aliphatic heterocycles. The molecule has 1 atom stereocenters. The summed E-state index contributed by atoms with van der Waals surface area (Å²) in [6.45, 7) is 25.4. The fraction of sp³-hybridized carbons (Fsp3) is 0.338. The summed E-state index contributed by atoms with van der Waals surface area (Å²) in [5.41, 5.74) is 15.6. The van der Waals surface area contributed by atoms with E-state index in [0.717, 1.165) is 50.6 Å². The molecule has 1 N–H and O–H groups in total. The van der Waals surface area contributed by atoms with Crippen LogP contribution in [0, 0.1) is 13.7 Å². The molecule has 1 unspecified atom stereocenters. The highest BCUT2D eigenvalue weighted by molar-refractivity contribution is 5.86. The van der Waals surface area contributed by atoms with E-state index in [1.807, 2.05) is 18.3 Å². The Morgan fingerprint density at radius 1 is 0.541 bits per heavy atom. The number of benzene rings is 6. The zero-order valence-corrected chi connectivity index (χ0v) is 45.9. The van der Waals surface area contributed by atoms with Gasteiger partial charge in [-0.05, 0) is 164 Å². The minimum Gasteiger partial charge on any atom is -0.457 e. The van der Waals surface area contributed by atoms with Gasteiger partial charge < -0.3 is 15.0 Å². The number of ether oxygens (including phenoxy) is 1. The molecule has 0 radical (unpaired) electrons. The fourth-order valence-electron chi connectivity index (χ4n) is 10.2. The second-order valence-corrected chi connectivity index (χ2v) is 23.4. The van der Waals surface area contributed by atoms with Gasteiger partial charge in [-0.15, -0.1) is 0 Å². The van der Waals surface area contributed by atoms with Gasteiger partial charge in [-0.2, -0.15) is 0 Å². The summed E-state index contributed by atoms with van der Waals surface area (Å²) in [6.07, 6.45) is 1.45. The van der Waals surface area contributed by atoms with Crippen LogP contribution in [0.2, 0.25) is 0 Å². The molecule has 6 nitrogen and oxygen atoms in total. The Kier molecular flexibility index (Phi) is 12.2. The Balaban J connectivity index is 1.19. The molecule has 0 aliphatic carbocycles. The van der Waals surface area contributed by atoms with Gasteiger partial charge in [-0.1, -0.05) is 176 Å². The average molecular weight is 986 g/mol. The van der Waals surface area contributed by atoms with Crippen LogP contribution in [0.1, 0.15) is 185 Å². The van der Waals surface area contributed by atoms with Crippen molar-refractivity contribution in [2.45, 2.75) is 151 Å². The second-order valence-electron chi connectivity index (χ2n) is 23.4. The first-order valence-corrected chi connectivity index (χ1v) is 26.4. The summed E-state index contributed by atoms with van der Waals surface area (Å²) in [4.78, 5) is 17.8. The highest BCUT2D eigenvalue weighted by Crippen LogP contribution is 2.51. The van der Waals surface area contributed by atoms with E-state index in [4.69, 9.17) is 27.9 Å². The van der Waals surface area contributed by atoms with Crippen molar-refractivity contribution in [1.29, 1.82) is 0 Å². The van der Waals surface area contributed by atoms with Gasteiger partial charge in [0, 0.05) is 25.5 Å². The van der Waals surface area contributed by atoms with Gasteiger partial charge in [0.1, 0.15) is 17.7 Å². The Morgan fingerprint density at radius 2 is 1.12 bits per heavy atom. The summed E-state index contributed by atoms with van der Waals surface area (Å²) >= 11 is 0. The molecular formula is C68H77N5O. The van der Waals surface area contributed by atoms with Crippen molar-refractivity contribution < 1.29 is 13.0 Å². The van der Waals surface area contributed by atoms with Crippen LogP contribution in [-0.2, 0) is 10.8 Å². The van der Waals surface area contributed by atoms with Gasteiger partial charge in [-0.25, -0.2) is 9.97 Å². The van der Waals surface area contributed by atoms with Crippen molar-refractivity contribution in [2.24, 2.45) is 0 Å². The molecule has 0 amide bonds. The van der Waals surface area contributed by atoms with Crippen molar-refractivity contribution in [3.8, 4) is 56.4 Å². The quantitative estimate of drug-likeness (QED) is 0.132. The predicted octanol–water partition coefficient (Wildman–Crippen LogP) is 19.3. The number of hydrogen-bond acceptors (Lipinski definition) is 6. The Labute approximate surface area is 451 Å². The van der Waals surface area contributed by atoms with Crippen LogP contribution in [0.25, 0.3) is 44.9 Å². The summed E-state index contributed by atoms with van der Waals surface area (Å²) < 4.78 is 58.3. The number of aryl methyl sites for hydroxylation is 2. The molecule has 6 heteroatoms. The normalized spacial score (nSPS) is 15.4. The lowest BCUT2D eigenvalue weighted by Crippen LogP contribution is -2.28. The molecule has 0 fully saturated rings. The van der Waals surface area contributed by atoms with E-state index in [2.05, 4.69) is 210 Å². The van der Waals surface area contributed by atoms with Gasteiger partial charge in [0.2, 0.25) is 0 Å². The fourth-order valence-corrected chi connectivity index (χ4v) is 10.2. The molecule has 2 aromatic heterocycles. The summed E-state index contributed by atoms with van der Waals surface area (Å²) in [7, 11) is 0.